The summed E-state index contributed by atoms with van der Waals surface area (Å²) in [5.41, 5.74) is 0. The number of rotatable bonds is 4. The summed E-state index contributed by atoms with van der Waals surface area (Å²) in [6, 6.07) is 0. The standard InChI is InChI=1S/C12H20O2S/c13-12(10-6-8-15-9-10)5-4-11-3-1-2-7-14-11/h10-11H,1-9H2. The van der Waals surface area contributed by atoms with Crippen molar-refractivity contribution in [1.82, 2.24) is 0 Å². The van der Waals surface area contributed by atoms with Crippen LogP contribution in [0.1, 0.15) is 38.5 Å². The van der Waals surface area contributed by atoms with Gasteiger partial charge in [0, 0.05) is 24.7 Å². The fraction of sp³-hybridized carbons (Fsp3) is 0.917. The maximum absolute atomic E-state index is 11.8. The van der Waals surface area contributed by atoms with Crippen molar-refractivity contribution in [2.75, 3.05) is 18.1 Å². The second-order valence-corrected chi connectivity index (χ2v) is 5.70. The normalized spacial score (nSPS) is 31.7. The molecule has 0 radical (unpaired) electrons. The molecule has 2 unspecified atom stereocenters. The van der Waals surface area contributed by atoms with Crippen LogP contribution < -0.4 is 0 Å². The molecular formula is C12H20O2S. The van der Waals surface area contributed by atoms with E-state index in [1.807, 2.05) is 11.8 Å². The smallest absolute Gasteiger partial charge is 0.136 e. The number of ether oxygens (including phenoxy) is 1. The molecule has 2 aliphatic heterocycles. The van der Waals surface area contributed by atoms with Crippen LogP contribution in [-0.4, -0.2) is 30.0 Å². The van der Waals surface area contributed by atoms with E-state index in [9.17, 15) is 4.79 Å². The van der Waals surface area contributed by atoms with Gasteiger partial charge in [0.25, 0.3) is 0 Å². The molecule has 2 fully saturated rings. The zero-order chi connectivity index (χ0) is 10.5. The number of hydrogen-bond acceptors (Lipinski definition) is 3. The van der Waals surface area contributed by atoms with E-state index in [4.69, 9.17) is 4.74 Å². The Kier molecular flexibility index (Phi) is 4.51. The molecule has 0 aliphatic carbocycles. The van der Waals surface area contributed by atoms with Crippen molar-refractivity contribution < 1.29 is 9.53 Å². The van der Waals surface area contributed by atoms with E-state index in [0.29, 0.717) is 17.8 Å². The fourth-order valence-corrected chi connectivity index (χ4v) is 3.59. The minimum Gasteiger partial charge on any atom is -0.378 e. The molecule has 0 aromatic rings. The molecule has 2 atom stereocenters. The average Bonchev–Trinajstić information content (AvgIpc) is 2.81. The number of hydrogen-bond donors (Lipinski definition) is 0. The van der Waals surface area contributed by atoms with Gasteiger partial charge in [-0.1, -0.05) is 0 Å². The predicted molar refractivity (Wildman–Crippen MR) is 63.3 cm³/mol. The maximum atomic E-state index is 11.8. The van der Waals surface area contributed by atoms with E-state index in [1.165, 1.54) is 18.6 Å². The number of Topliss-reactive ketones (excluding diaryl/α,β-unsaturated/α-hetero) is 1. The first kappa shape index (κ1) is 11.5. The Labute approximate surface area is 96.1 Å². The summed E-state index contributed by atoms with van der Waals surface area (Å²) in [4.78, 5) is 11.8. The molecule has 15 heavy (non-hydrogen) atoms. The lowest BCUT2D eigenvalue weighted by molar-refractivity contribution is -0.123. The lowest BCUT2D eigenvalue weighted by Crippen LogP contribution is -2.22. The van der Waals surface area contributed by atoms with Crippen molar-refractivity contribution in [3.05, 3.63) is 0 Å². The van der Waals surface area contributed by atoms with Gasteiger partial charge in [0.2, 0.25) is 0 Å². The van der Waals surface area contributed by atoms with Crippen LogP contribution in [0.5, 0.6) is 0 Å². The molecular weight excluding hydrogens is 208 g/mol. The molecule has 0 saturated carbocycles. The molecule has 3 heteroatoms. The highest BCUT2D eigenvalue weighted by Gasteiger charge is 2.24. The summed E-state index contributed by atoms with van der Waals surface area (Å²) in [5, 5.41) is 0. The maximum Gasteiger partial charge on any atom is 0.136 e. The van der Waals surface area contributed by atoms with Crippen molar-refractivity contribution in [1.29, 1.82) is 0 Å². The third-order valence-corrected chi connectivity index (χ3v) is 4.53. The van der Waals surface area contributed by atoms with Gasteiger partial charge in [-0.25, -0.2) is 0 Å². The molecule has 0 bridgehead atoms. The molecule has 2 nitrogen and oxygen atoms in total. The SMILES string of the molecule is O=C(CCC1CCCCO1)C1CCSC1. The van der Waals surface area contributed by atoms with Crippen LogP contribution >= 0.6 is 11.8 Å². The van der Waals surface area contributed by atoms with Crippen molar-refractivity contribution in [2.45, 2.75) is 44.6 Å². The summed E-state index contributed by atoms with van der Waals surface area (Å²) in [5.74, 6) is 3.08. The van der Waals surface area contributed by atoms with Crippen LogP contribution in [0.3, 0.4) is 0 Å². The Morgan fingerprint density at radius 3 is 2.93 bits per heavy atom. The van der Waals surface area contributed by atoms with Crippen molar-refractivity contribution in [2.24, 2.45) is 5.92 Å². The Bertz CT molecular complexity index is 206. The summed E-state index contributed by atoms with van der Waals surface area (Å²) in [6.45, 7) is 0.901. The number of ketones is 1. The first-order valence-corrected chi connectivity index (χ1v) is 7.24. The van der Waals surface area contributed by atoms with Gasteiger partial charge >= 0.3 is 0 Å². The second-order valence-electron chi connectivity index (χ2n) is 4.55. The van der Waals surface area contributed by atoms with Gasteiger partial charge in [0.05, 0.1) is 6.10 Å². The minimum absolute atomic E-state index is 0.360. The Hall–Kier alpha value is -0.0200. The van der Waals surface area contributed by atoms with Crippen molar-refractivity contribution >= 4 is 17.5 Å². The Morgan fingerprint density at radius 2 is 2.27 bits per heavy atom. The average molecular weight is 228 g/mol. The molecule has 2 aliphatic rings. The molecule has 0 aromatic carbocycles. The van der Waals surface area contributed by atoms with Gasteiger partial charge in [0.1, 0.15) is 5.78 Å². The number of thioether (sulfide) groups is 1. The first-order valence-electron chi connectivity index (χ1n) is 6.08. The molecule has 0 amide bonds. The summed E-state index contributed by atoms with van der Waals surface area (Å²) in [6.07, 6.45) is 6.82. The lowest BCUT2D eigenvalue weighted by atomic mass is 9.96. The van der Waals surface area contributed by atoms with E-state index in [1.54, 1.807) is 0 Å². The highest BCUT2D eigenvalue weighted by molar-refractivity contribution is 7.99. The van der Waals surface area contributed by atoms with Gasteiger partial charge in [-0.3, -0.25) is 4.79 Å². The van der Waals surface area contributed by atoms with E-state index in [-0.39, 0.29) is 0 Å². The third kappa shape index (κ3) is 3.49. The largest absolute Gasteiger partial charge is 0.378 e. The molecule has 0 spiro atoms. The Morgan fingerprint density at radius 1 is 1.33 bits per heavy atom. The summed E-state index contributed by atoms with van der Waals surface area (Å²) >= 11 is 1.92. The van der Waals surface area contributed by atoms with Crippen LogP contribution in [0.2, 0.25) is 0 Å². The minimum atomic E-state index is 0.360. The van der Waals surface area contributed by atoms with Crippen LogP contribution in [0.15, 0.2) is 0 Å². The van der Waals surface area contributed by atoms with Crippen molar-refractivity contribution in [3.63, 3.8) is 0 Å². The molecule has 0 N–H and O–H groups in total. The number of carbonyl (C=O) groups is 1. The van der Waals surface area contributed by atoms with E-state index < -0.39 is 0 Å². The zero-order valence-corrected chi connectivity index (χ0v) is 10.1. The fourth-order valence-electron chi connectivity index (χ4n) is 2.33. The van der Waals surface area contributed by atoms with E-state index in [2.05, 4.69) is 0 Å². The topological polar surface area (TPSA) is 26.3 Å². The molecule has 2 rings (SSSR count). The monoisotopic (exact) mass is 228 g/mol. The number of carbonyl (C=O) groups excluding carboxylic acids is 1. The van der Waals surface area contributed by atoms with Crippen molar-refractivity contribution in [3.8, 4) is 0 Å². The lowest BCUT2D eigenvalue weighted by Gasteiger charge is -2.22. The highest BCUT2D eigenvalue weighted by Crippen LogP contribution is 2.26. The van der Waals surface area contributed by atoms with E-state index >= 15 is 0 Å². The van der Waals surface area contributed by atoms with Crippen LogP contribution in [0.4, 0.5) is 0 Å². The van der Waals surface area contributed by atoms with Gasteiger partial charge < -0.3 is 4.74 Å². The van der Waals surface area contributed by atoms with Crippen LogP contribution in [0.25, 0.3) is 0 Å². The second kappa shape index (κ2) is 5.90. The van der Waals surface area contributed by atoms with Gasteiger partial charge in [-0.2, -0.15) is 11.8 Å². The van der Waals surface area contributed by atoms with E-state index in [0.717, 1.165) is 38.0 Å². The molecule has 2 saturated heterocycles. The van der Waals surface area contributed by atoms with Crippen LogP contribution in [0, 0.1) is 5.92 Å². The van der Waals surface area contributed by atoms with Gasteiger partial charge in [-0.15, -0.1) is 0 Å². The van der Waals surface area contributed by atoms with Gasteiger partial charge in [0.15, 0.2) is 0 Å². The molecule has 2 heterocycles. The predicted octanol–water partition coefficient (Wildman–Crippen LogP) is 2.66. The molecule has 0 aromatic heterocycles. The quantitative estimate of drug-likeness (QED) is 0.740. The highest BCUT2D eigenvalue weighted by atomic mass is 32.2. The zero-order valence-electron chi connectivity index (χ0n) is 9.24. The third-order valence-electron chi connectivity index (χ3n) is 3.37. The van der Waals surface area contributed by atoms with Crippen LogP contribution in [-0.2, 0) is 9.53 Å². The summed E-state index contributed by atoms with van der Waals surface area (Å²) < 4.78 is 5.63. The van der Waals surface area contributed by atoms with Gasteiger partial charge in [-0.05, 0) is 37.9 Å². The molecule has 86 valence electrons. The first-order chi connectivity index (χ1) is 7.36. The Balaban J connectivity index is 1.65. The summed E-state index contributed by atoms with van der Waals surface area (Å²) in [7, 11) is 0.